The van der Waals surface area contributed by atoms with E-state index < -0.39 is 0 Å². The van der Waals surface area contributed by atoms with E-state index in [0.29, 0.717) is 21.5 Å². The van der Waals surface area contributed by atoms with Gasteiger partial charge in [-0.1, -0.05) is 11.0 Å². The summed E-state index contributed by atoms with van der Waals surface area (Å²) in [4.78, 5) is 6.39. The molecule has 1 fully saturated rings. The van der Waals surface area contributed by atoms with Crippen molar-refractivity contribution < 1.29 is 9.33 Å². The molecule has 0 aromatic carbocycles. The van der Waals surface area contributed by atoms with Crippen molar-refractivity contribution in [3.8, 4) is 17.9 Å². The number of pyridine rings is 1. The summed E-state index contributed by atoms with van der Waals surface area (Å²) in [7, 11) is 2.04. The first-order chi connectivity index (χ1) is 12.1. The molecule has 7 heteroatoms. The van der Waals surface area contributed by atoms with Gasteiger partial charge in [0.05, 0.1) is 44.1 Å². The second-order valence-corrected chi connectivity index (χ2v) is 6.15. The van der Waals surface area contributed by atoms with E-state index >= 15 is 0 Å². The van der Waals surface area contributed by atoms with E-state index in [9.17, 15) is 0 Å². The highest BCUT2D eigenvalue weighted by Gasteiger charge is 2.30. The average Bonchev–Trinajstić information content (AvgIpc) is 3.01. The van der Waals surface area contributed by atoms with Gasteiger partial charge in [-0.25, -0.2) is 4.98 Å². The summed E-state index contributed by atoms with van der Waals surface area (Å²) in [5.41, 5.74) is 7.76. The number of hydrogen-bond acceptors (Lipinski definition) is 6. The predicted octanol–water partition coefficient (Wildman–Crippen LogP) is 0.549. The van der Waals surface area contributed by atoms with Crippen molar-refractivity contribution in [2.45, 2.75) is 0 Å². The number of nitrogens with zero attached hydrogens (tertiary/aromatic N) is 5. The Labute approximate surface area is 147 Å². The maximum absolute atomic E-state index is 8.98. The van der Waals surface area contributed by atoms with Gasteiger partial charge in [-0.15, -0.1) is 0 Å². The lowest BCUT2D eigenvalue weighted by atomic mass is 10.2. The molecular formula is C18H21N6O+. The Hall–Kier alpha value is -2.71. The zero-order chi connectivity index (χ0) is 17.7. The smallest absolute Gasteiger partial charge is 0.212 e. The third kappa shape index (κ3) is 4.04. The number of quaternary nitrogens is 1. The van der Waals surface area contributed by atoms with Crippen LogP contribution in [0.4, 0.5) is 5.82 Å². The lowest BCUT2D eigenvalue weighted by Crippen LogP contribution is -2.45. The van der Waals surface area contributed by atoms with Gasteiger partial charge in [0.1, 0.15) is 18.4 Å². The fourth-order valence-electron chi connectivity index (χ4n) is 2.74. The van der Waals surface area contributed by atoms with Crippen LogP contribution in [0.15, 0.2) is 29.1 Å². The third-order valence-electron chi connectivity index (χ3n) is 4.40. The van der Waals surface area contributed by atoms with Crippen molar-refractivity contribution in [1.29, 1.82) is 5.26 Å². The van der Waals surface area contributed by atoms with Crippen LogP contribution in [0.3, 0.4) is 0 Å². The zero-order valence-electron chi connectivity index (χ0n) is 14.3. The predicted molar refractivity (Wildman–Crippen MR) is 95.1 cm³/mol. The minimum atomic E-state index is 0.327. The molecule has 3 rings (SSSR count). The van der Waals surface area contributed by atoms with Gasteiger partial charge >= 0.3 is 0 Å². The van der Waals surface area contributed by atoms with Crippen LogP contribution in [0, 0.1) is 23.2 Å². The second kappa shape index (κ2) is 7.45. The fraction of sp³-hybridized carbons (Fsp3) is 0.389. The highest BCUT2D eigenvalue weighted by molar-refractivity contribution is 5.74. The Kier molecular flexibility index (Phi) is 5.11. The number of ether oxygens (including phenoxy) is 1. The number of aromatic nitrogens is 1. The maximum Gasteiger partial charge on any atom is 0.212 e. The molecule has 2 aliphatic heterocycles. The fourth-order valence-corrected chi connectivity index (χ4v) is 2.74. The SMILES string of the molecule is C[N+]1(CCN2CCOCC2)N=CC=C1C#Cc1cc(C#N)cnc1N. The zero-order valence-corrected chi connectivity index (χ0v) is 14.3. The molecule has 3 heterocycles. The normalized spacial score (nSPS) is 22.8. The average molecular weight is 337 g/mol. The monoisotopic (exact) mass is 337 g/mol. The van der Waals surface area contributed by atoms with E-state index in [0.717, 1.165) is 45.1 Å². The van der Waals surface area contributed by atoms with Gasteiger partial charge < -0.3 is 10.5 Å². The molecule has 128 valence electrons. The van der Waals surface area contributed by atoms with Crippen LogP contribution in [-0.2, 0) is 4.74 Å². The number of nitriles is 1. The van der Waals surface area contributed by atoms with E-state index in [2.05, 4.69) is 32.9 Å². The topological polar surface area (TPSA) is 87.5 Å². The number of morpholine rings is 1. The van der Waals surface area contributed by atoms with E-state index in [1.165, 1.54) is 6.20 Å². The first kappa shape index (κ1) is 17.1. The highest BCUT2D eigenvalue weighted by atomic mass is 16.5. The van der Waals surface area contributed by atoms with Gasteiger partial charge in [0.25, 0.3) is 0 Å². The molecule has 0 spiro atoms. The van der Waals surface area contributed by atoms with E-state index in [-0.39, 0.29) is 0 Å². The van der Waals surface area contributed by atoms with Gasteiger partial charge in [0, 0.05) is 25.4 Å². The van der Waals surface area contributed by atoms with Crippen LogP contribution in [0.2, 0.25) is 0 Å². The highest BCUT2D eigenvalue weighted by Crippen LogP contribution is 2.20. The number of likely N-dealkylation sites (N-methyl/N-ethyl adjacent to an activating group) is 1. The van der Waals surface area contributed by atoms with Crippen LogP contribution in [0.1, 0.15) is 11.1 Å². The largest absolute Gasteiger partial charge is 0.383 e. The van der Waals surface area contributed by atoms with Crippen LogP contribution in [0.25, 0.3) is 0 Å². The minimum Gasteiger partial charge on any atom is -0.383 e. The quantitative estimate of drug-likeness (QED) is 0.643. The van der Waals surface area contributed by atoms with Crippen molar-refractivity contribution in [2.75, 3.05) is 52.2 Å². The van der Waals surface area contributed by atoms with Gasteiger partial charge in [0.2, 0.25) is 5.70 Å². The molecular weight excluding hydrogens is 316 g/mol. The summed E-state index contributed by atoms with van der Waals surface area (Å²) < 4.78 is 5.80. The summed E-state index contributed by atoms with van der Waals surface area (Å²) in [5.74, 6) is 6.52. The number of allylic oxidation sites excluding steroid dienone is 2. The third-order valence-corrected chi connectivity index (χ3v) is 4.40. The summed E-state index contributed by atoms with van der Waals surface area (Å²) >= 11 is 0. The van der Waals surface area contributed by atoms with Gasteiger partial charge in [-0.05, 0) is 12.0 Å². The Morgan fingerprint density at radius 2 is 2.16 bits per heavy atom. The van der Waals surface area contributed by atoms with Crippen LogP contribution in [-0.4, -0.2) is 67.1 Å². The van der Waals surface area contributed by atoms with Crippen molar-refractivity contribution in [3.63, 3.8) is 0 Å². The van der Waals surface area contributed by atoms with Gasteiger partial charge in [0.15, 0.2) is 0 Å². The first-order valence-electron chi connectivity index (χ1n) is 8.20. The summed E-state index contributed by atoms with van der Waals surface area (Å²) in [6.45, 7) is 5.26. The molecule has 1 unspecified atom stereocenters. The molecule has 0 aliphatic carbocycles. The molecule has 0 radical (unpaired) electrons. The second-order valence-electron chi connectivity index (χ2n) is 6.15. The summed E-state index contributed by atoms with van der Waals surface area (Å²) in [6, 6.07) is 3.71. The molecule has 1 aromatic rings. The van der Waals surface area contributed by atoms with Crippen LogP contribution >= 0.6 is 0 Å². The molecule has 1 aromatic heterocycles. The molecule has 25 heavy (non-hydrogen) atoms. The minimum absolute atomic E-state index is 0.327. The van der Waals surface area contributed by atoms with Crippen LogP contribution in [0.5, 0.6) is 0 Å². The van der Waals surface area contributed by atoms with Crippen LogP contribution < -0.4 is 5.73 Å². The molecule has 0 bridgehead atoms. The number of nitrogen functional groups attached to an aromatic ring is 1. The van der Waals surface area contributed by atoms with E-state index in [1.54, 1.807) is 12.3 Å². The van der Waals surface area contributed by atoms with Crippen molar-refractivity contribution >= 4 is 12.0 Å². The Morgan fingerprint density at radius 1 is 1.36 bits per heavy atom. The molecule has 7 nitrogen and oxygen atoms in total. The summed E-state index contributed by atoms with van der Waals surface area (Å²) in [6.07, 6.45) is 5.15. The molecule has 2 aliphatic rings. The molecule has 1 atom stereocenters. The summed E-state index contributed by atoms with van der Waals surface area (Å²) in [5, 5.41) is 13.5. The number of rotatable bonds is 3. The van der Waals surface area contributed by atoms with Crippen molar-refractivity contribution in [1.82, 2.24) is 9.88 Å². The molecule has 0 saturated carbocycles. The van der Waals surface area contributed by atoms with Crippen molar-refractivity contribution in [3.05, 3.63) is 35.2 Å². The first-order valence-corrected chi connectivity index (χ1v) is 8.20. The Balaban J connectivity index is 1.71. The lowest BCUT2D eigenvalue weighted by molar-refractivity contribution is -0.872. The molecule has 0 amide bonds. The van der Waals surface area contributed by atoms with E-state index in [4.69, 9.17) is 15.7 Å². The molecule has 1 saturated heterocycles. The van der Waals surface area contributed by atoms with E-state index in [1.807, 2.05) is 13.1 Å². The number of hydrogen-bond donors (Lipinski definition) is 1. The standard InChI is InChI=1S/C18H21N6O/c1-24(9-6-23-7-10-25-11-8-23)17(4-5-22-24)3-2-16-12-15(13-19)14-21-18(16)20/h4-5,12,14H,6-11H2,1H3,(H2,20,21)/q+1. The lowest BCUT2D eigenvalue weighted by Gasteiger charge is -2.30. The maximum atomic E-state index is 8.98. The molecule has 2 N–H and O–H groups in total. The van der Waals surface area contributed by atoms with Gasteiger partial charge in [-0.3, -0.25) is 4.90 Å². The number of nitrogens with two attached hydrogens (primary N) is 1. The van der Waals surface area contributed by atoms with Crippen molar-refractivity contribution in [2.24, 2.45) is 5.10 Å². The van der Waals surface area contributed by atoms with Gasteiger partial charge in [-0.2, -0.15) is 9.85 Å². The Bertz CT molecular complexity index is 807. The Morgan fingerprint density at radius 3 is 2.92 bits per heavy atom. The number of anilines is 1.